The van der Waals surface area contributed by atoms with Crippen LogP contribution < -0.4 is 5.73 Å². The van der Waals surface area contributed by atoms with Crippen molar-refractivity contribution >= 4 is 0 Å². The lowest BCUT2D eigenvalue weighted by Gasteiger charge is -2.04. The average Bonchev–Trinajstić information content (AvgIpc) is 2.29. The van der Waals surface area contributed by atoms with Gasteiger partial charge in [-0.05, 0) is 25.1 Å². The van der Waals surface area contributed by atoms with Gasteiger partial charge in [0.2, 0.25) is 0 Å². The summed E-state index contributed by atoms with van der Waals surface area (Å²) in [5, 5.41) is 0. The summed E-state index contributed by atoms with van der Waals surface area (Å²) in [6.07, 6.45) is 3.49. The molecule has 0 aliphatic carbocycles. The molecule has 2 aromatic heterocycles. The van der Waals surface area contributed by atoms with Crippen LogP contribution in [0.5, 0.6) is 0 Å². The fourth-order valence-electron chi connectivity index (χ4n) is 1.39. The quantitative estimate of drug-likeness (QED) is 0.793. The molecule has 2 N–H and O–H groups in total. The van der Waals surface area contributed by atoms with Crippen LogP contribution in [0.4, 0.5) is 0 Å². The van der Waals surface area contributed by atoms with Crippen molar-refractivity contribution in [3.8, 4) is 11.3 Å². The summed E-state index contributed by atoms with van der Waals surface area (Å²) in [7, 11) is 0. The predicted octanol–water partition coefficient (Wildman–Crippen LogP) is 1.31. The summed E-state index contributed by atoms with van der Waals surface area (Å²) in [5.41, 5.74) is 8.38. The van der Waals surface area contributed by atoms with Crippen LogP contribution in [0.15, 0.2) is 30.6 Å². The van der Waals surface area contributed by atoms with Gasteiger partial charge in [-0.25, -0.2) is 9.97 Å². The van der Waals surface area contributed by atoms with E-state index in [0.29, 0.717) is 12.4 Å². The first-order valence-corrected chi connectivity index (χ1v) is 4.74. The smallest absolute Gasteiger partial charge is 0.142 e. The minimum Gasteiger partial charge on any atom is -0.324 e. The van der Waals surface area contributed by atoms with Crippen LogP contribution in [-0.4, -0.2) is 15.0 Å². The largest absolute Gasteiger partial charge is 0.324 e. The highest BCUT2D eigenvalue weighted by molar-refractivity contribution is 5.58. The van der Waals surface area contributed by atoms with Gasteiger partial charge >= 0.3 is 0 Å². The summed E-state index contributed by atoms with van der Waals surface area (Å²) in [6.45, 7) is 2.30. The molecule has 0 aliphatic heterocycles. The molecular formula is C11H12N4. The third kappa shape index (κ3) is 2.16. The maximum atomic E-state index is 5.53. The third-order valence-electron chi connectivity index (χ3n) is 2.06. The summed E-state index contributed by atoms with van der Waals surface area (Å²) >= 11 is 0. The second-order valence-corrected chi connectivity index (χ2v) is 3.25. The molecular weight excluding hydrogens is 188 g/mol. The van der Waals surface area contributed by atoms with Crippen molar-refractivity contribution in [1.29, 1.82) is 0 Å². The van der Waals surface area contributed by atoms with Gasteiger partial charge in [0.15, 0.2) is 0 Å². The van der Waals surface area contributed by atoms with E-state index in [-0.39, 0.29) is 0 Å². The molecule has 2 aromatic rings. The van der Waals surface area contributed by atoms with Gasteiger partial charge < -0.3 is 5.73 Å². The average molecular weight is 200 g/mol. The van der Waals surface area contributed by atoms with E-state index in [2.05, 4.69) is 15.0 Å². The summed E-state index contributed by atoms with van der Waals surface area (Å²) in [6, 6.07) is 5.78. The second-order valence-electron chi connectivity index (χ2n) is 3.25. The number of aryl methyl sites for hydroxylation is 1. The molecule has 0 saturated carbocycles. The van der Waals surface area contributed by atoms with E-state index in [0.717, 1.165) is 17.0 Å². The molecule has 2 heterocycles. The van der Waals surface area contributed by atoms with Gasteiger partial charge in [-0.15, -0.1) is 0 Å². The van der Waals surface area contributed by atoms with Gasteiger partial charge in [-0.3, -0.25) is 4.98 Å². The monoisotopic (exact) mass is 200 g/mol. The zero-order valence-corrected chi connectivity index (χ0v) is 8.51. The van der Waals surface area contributed by atoms with Gasteiger partial charge in [0.1, 0.15) is 5.82 Å². The number of nitrogens with two attached hydrogens (primary N) is 1. The van der Waals surface area contributed by atoms with Crippen LogP contribution >= 0.6 is 0 Å². The zero-order valence-electron chi connectivity index (χ0n) is 8.51. The molecule has 76 valence electrons. The first-order chi connectivity index (χ1) is 7.29. The van der Waals surface area contributed by atoms with Crippen molar-refractivity contribution in [2.45, 2.75) is 13.5 Å². The molecule has 0 radical (unpaired) electrons. The Balaban J connectivity index is 2.49. The Bertz CT molecular complexity index is 453. The Labute approximate surface area is 88.2 Å². The highest BCUT2D eigenvalue weighted by Gasteiger charge is 2.02. The minimum absolute atomic E-state index is 0.361. The maximum absolute atomic E-state index is 5.53. The van der Waals surface area contributed by atoms with Crippen molar-refractivity contribution < 1.29 is 0 Å². The van der Waals surface area contributed by atoms with Crippen molar-refractivity contribution in [3.05, 3.63) is 42.1 Å². The Morgan fingerprint density at radius 3 is 2.60 bits per heavy atom. The molecule has 4 heteroatoms. The Morgan fingerprint density at radius 2 is 1.93 bits per heavy atom. The van der Waals surface area contributed by atoms with E-state index < -0.39 is 0 Å². The summed E-state index contributed by atoms with van der Waals surface area (Å²) in [5.74, 6) is 0.668. The van der Waals surface area contributed by atoms with Crippen LogP contribution in [-0.2, 0) is 6.54 Å². The van der Waals surface area contributed by atoms with Crippen molar-refractivity contribution in [2.24, 2.45) is 5.73 Å². The first-order valence-electron chi connectivity index (χ1n) is 4.74. The number of nitrogens with zero attached hydrogens (tertiary/aromatic N) is 3. The Kier molecular flexibility index (Phi) is 2.69. The fourth-order valence-corrected chi connectivity index (χ4v) is 1.39. The topological polar surface area (TPSA) is 64.7 Å². The standard InChI is InChI=1S/C11H12N4/c1-8-6-10(15-11(7-12)14-8)9-2-4-13-5-3-9/h2-6H,7,12H2,1H3. The molecule has 0 amide bonds. The van der Waals surface area contributed by atoms with Gasteiger partial charge in [-0.2, -0.15) is 0 Å². The predicted molar refractivity (Wildman–Crippen MR) is 57.9 cm³/mol. The van der Waals surface area contributed by atoms with Crippen molar-refractivity contribution in [3.63, 3.8) is 0 Å². The molecule has 0 unspecified atom stereocenters. The molecule has 0 aliphatic rings. The summed E-state index contributed by atoms with van der Waals surface area (Å²) < 4.78 is 0. The van der Waals surface area contributed by atoms with Crippen LogP contribution in [0.25, 0.3) is 11.3 Å². The summed E-state index contributed by atoms with van der Waals surface area (Å²) in [4.78, 5) is 12.6. The van der Waals surface area contributed by atoms with Crippen LogP contribution in [0.1, 0.15) is 11.5 Å². The van der Waals surface area contributed by atoms with E-state index >= 15 is 0 Å². The number of hydrogen-bond acceptors (Lipinski definition) is 4. The van der Waals surface area contributed by atoms with E-state index in [1.54, 1.807) is 12.4 Å². The van der Waals surface area contributed by atoms with E-state index in [1.165, 1.54) is 0 Å². The highest BCUT2D eigenvalue weighted by Crippen LogP contribution is 2.16. The number of rotatable bonds is 2. The van der Waals surface area contributed by atoms with Crippen LogP contribution in [0.2, 0.25) is 0 Å². The zero-order chi connectivity index (χ0) is 10.7. The normalized spacial score (nSPS) is 10.3. The lowest BCUT2D eigenvalue weighted by molar-refractivity contribution is 0.894. The molecule has 0 saturated heterocycles. The maximum Gasteiger partial charge on any atom is 0.142 e. The van der Waals surface area contributed by atoms with E-state index in [4.69, 9.17) is 5.73 Å². The number of hydrogen-bond donors (Lipinski definition) is 1. The Morgan fingerprint density at radius 1 is 1.20 bits per heavy atom. The van der Waals surface area contributed by atoms with Crippen molar-refractivity contribution in [2.75, 3.05) is 0 Å². The van der Waals surface area contributed by atoms with Gasteiger partial charge in [0.05, 0.1) is 12.2 Å². The molecule has 15 heavy (non-hydrogen) atoms. The lowest BCUT2D eigenvalue weighted by Crippen LogP contribution is -2.04. The lowest BCUT2D eigenvalue weighted by atomic mass is 10.2. The second kappa shape index (κ2) is 4.14. The molecule has 4 nitrogen and oxygen atoms in total. The SMILES string of the molecule is Cc1cc(-c2ccncc2)nc(CN)n1. The first kappa shape index (κ1) is 9.73. The van der Waals surface area contributed by atoms with Crippen LogP contribution in [0.3, 0.4) is 0 Å². The van der Waals surface area contributed by atoms with Crippen LogP contribution in [0, 0.1) is 6.92 Å². The minimum atomic E-state index is 0.361. The highest BCUT2D eigenvalue weighted by atomic mass is 14.9. The fraction of sp³-hybridized carbons (Fsp3) is 0.182. The van der Waals surface area contributed by atoms with Gasteiger partial charge in [-0.1, -0.05) is 0 Å². The molecule has 0 fully saturated rings. The van der Waals surface area contributed by atoms with Gasteiger partial charge in [0, 0.05) is 23.7 Å². The molecule has 2 rings (SSSR count). The third-order valence-corrected chi connectivity index (χ3v) is 2.06. The number of aromatic nitrogens is 3. The Hall–Kier alpha value is -1.81. The molecule has 0 aromatic carbocycles. The van der Waals surface area contributed by atoms with E-state index in [9.17, 15) is 0 Å². The van der Waals surface area contributed by atoms with Crippen molar-refractivity contribution in [1.82, 2.24) is 15.0 Å². The van der Waals surface area contributed by atoms with Gasteiger partial charge in [0.25, 0.3) is 0 Å². The molecule has 0 bridgehead atoms. The number of pyridine rings is 1. The molecule has 0 atom stereocenters. The van der Waals surface area contributed by atoms with E-state index in [1.807, 2.05) is 25.1 Å². The molecule has 0 spiro atoms.